The maximum atomic E-state index is 12.4. The van der Waals surface area contributed by atoms with Crippen LogP contribution in [0.4, 0.5) is 10.5 Å². The van der Waals surface area contributed by atoms with Crippen molar-refractivity contribution in [3.63, 3.8) is 0 Å². The largest absolute Gasteiger partial charge is 0.481 e. The van der Waals surface area contributed by atoms with Crippen LogP contribution in [0.1, 0.15) is 41.4 Å². The van der Waals surface area contributed by atoms with E-state index in [9.17, 15) is 29.6 Å². The lowest BCUT2D eigenvalue weighted by Gasteiger charge is -2.17. The monoisotopic (exact) mass is 489 g/mol. The number of carboxylic acids is 1. The van der Waals surface area contributed by atoms with Crippen LogP contribution in [0.5, 0.6) is 0 Å². The number of nitro benzene ring substituents is 1. The number of carbonyl (C=O) groups excluding carboxylic acids is 2. The number of nitro groups is 1. The number of amides is 2. The molecule has 4 rings (SSSR count). The molecule has 3 N–H and O–H groups in total. The second-order valence-electron chi connectivity index (χ2n) is 8.35. The minimum absolute atomic E-state index is 0.0606. The number of nitrogens with zero attached hydrogens (tertiary/aromatic N) is 1. The third-order valence-electron chi connectivity index (χ3n) is 6.05. The molecule has 36 heavy (non-hydrogen) atoms. The van der Waals surface area contributed by atoms with E-state index in [1.807, 2.05) is 48.5 Å². The van der Waals surface area contributed by atoms with E-state index in [-0.39, 0.29) is 24.6 Å². The molecular weight excluding hydrogens is 466 g/mol. The molecule has 0 bridgehead atoms. The van der Waals surface area contributed by atoms with E-state index < -0.39 is 35.2 Å². The highest BCUT2D eigenvalue weighted by Crippen LogP contribution is 2.44. The van der Waals surface area contributed by atoms with Gasteiger partial charge in [0, 0.05) is 30.4 Å². The maximum absolute atomic E-state index is 12.4. The molecule has 1 unspecified atom stereocenters. The second kappa shape index (κ2) is 10.7. The molecule has 0 fully saturated rings. The van der Waals surface area contributed by atoms with Crippen molar-refractivity contribution in [3.05, 3.63) is 99.6 Å². The van der Waals surface area contributed by atoms with Crippen LogP contribution in [-0.2, 0) is 14.3 Å². The first-order valence-electron chi connectivity index (χ1n) is 11.2. The third-order valence-corrected chi connectivity index (χ3v) is 6.05. The highest BCUT2D eigenvalue weighted by molar-refractivity contribution is 5.81. The van der Waals surface area contributed by atoms with E-state index in [0.29, 0.717) is 5.56 Å². The standard InChI is InChI=1S/C26H23N3O7/c30-24(13-17(14-25(31)32)16-6-5-7-18(12-16)29(34)35)27-28-26(33)36-15-23-21-10-3-1-8-19(21)20-9-2-4-11-22(20)23/h1-12,17,23H,13-15H2,(H,27,30)(H,28,33)(H,31,32). The molecule has 0 saturated carbocycles. The number of carbonyl (C=O) groups is 3. The predicted octanol–water partition coefficient (Wildman–Crippen LogP) is 4.11. The molecule has 0 spiro atoms. The van der Waals surface area contributed by atoms with Crippen molar-refractivity contribution in [1.29, 1.82) is 0 Å². The van der Waals surface area contributed by atoms with Crippen molar-refractivity contribution in [2.24, 2.45) is 0 Å². The summed E-state index contributed by atoms with van der Waals surface area (Å²) in [6, 6.07) is 21.2. The molecule has 0 heterocycles. The first-order valence-corrected chi connectivity index (χ1v) is 11.2. The van der Waals surface area contributed by atoms with Gasteiger partial charge in [0.05, 0.1) is 11.3 Å². The molecule has 2 amide bonds. The van der Waals surface area contributed by atoms with Gasteiger partial charge < -0.3 is 9.84 Å². The number of benzene rings is 3. The molecule has 1 atom stereocenters. The number of rotatable bonds is 8. The van der Waals surface area contributed by atoms with Gasteiger partial charge in [0.25, 0.3) is 5.69 Å². The number of non-ortho nitro benzene ring substituents is 1. The zero-order valence-corrected chi connectivity index (χ0v) is 19.0. The zero-order valence-electron chi connectivity index (χ0n) is 19.0. The number of hydrazine groups is 1. The van der Waals surface area contributed by atoms with Gasteiger partial charge in [-0.15, -0.1) is 0 Å². The van der Waals surface area contributed by atoms with Crippen molar-refractivity contribution in [3.8, 4) is 11.1 Å². The number of hydrogen-bond donors (Lipinski definition) is 3. The number of ether oxygens (including phenoxy) is 1. The fourth-order valence-corrected chi connectivity index (χ4v) is 4.44. The van der Waals surface area contributed by atoms with Crippen molar-refractivity contribution in [1.82, 2.24) is 10.9 Å². The number of aliphatic carboxylic acids is 1. The molecule has 1 aliphatic carbocycles. The highest BCUT2D eigenvalue weighted by atomic mass is 16.6. The summed E-state index contributed by atoms with van der Waals surface area (Å²) < 4.78 is 5.35. The van der Waals surface area contributed by atoms with Crippen LogP contribution in [0.25, 0.3) is 11.1 Å². The molecule has 10 heteroatoms. The van der Waals surface area contributed by atoms with Crippen LogP contribution in [0.15, 0.2) is 72.8 Å². The Morgan fingerprint density at radius 2 is 1.56 bits per heavy atom. The summed E-state index contributed by atoms with van der Waals surface area (Å²) in [6.07, 6.45) is -1.59. The lowest BCUT2D eigenvalue weighted by atomic mass is 9.92. The Kier molecular flexibility index (Phi) is 7.24. The fraction of sp³-hybridized carbons (Fsp3) is 0.192. The zero-order chi connectivity index (χ0) is 25.7. The third kappa shape index (κ3) is 5.49. The smallest absolute Gasteiger partial charge is 0.426 e. The Bertz CT molecular complexity index is 1280. The Labute approximate surface area is 206 Å². The van der Waals surface area contributed by atoms with Crippen LogP contribution in [0.3, 0.4) is 0 Å². The number of fused-ring (bicyclic) bond motifs is 3. The van der Waals surface area contributed by atoms with Gasteiger partial charge in [-0.05, 0) is 27.8 Å². The summed E-state index contributed by atoms with van der Waals surface area (Å²) in [7, 11) is 0. The van der Waals surface area contributed by atoms with E-state index in [1.165, 1.54) is 24.3 Å². The number of nitrogens with one attached hydrogen (secondary N) is 2. The molecule has 0 aliphatic heterocycles. The summed E-state index contributed by atoms with van der Waals surface area (Å²) in [6.45, 7) is 0.0606. The van der Waals surface area contributed by atoms with Crippen molar-refractivity contribution >= 4 is 23.7 Å². The van der Waals surface area contributed by atoms with Gasteiger partial charge in [-0.2, -0.15) is 0 Å². The van der Waals surface area contributed by atoms with E-state index in [2.05, 4.69) is 10.9 Å². The summed E-state index contributed by atoms with van der Waals surface area (Å²) in [4.78, 5) is 46.4. The topological polar surface area (TPSA) is 148 Å². The highest BCUT2D eigenvalue weighted by Gasteiger charge is 2.29. The minimum atomic E-state index is -1.16. The molecule has 184 valence electrons. The SMILES string of the molecule is O=C(O)CC(CC(=O)NNC(=O)OCC1c2ccccc2-c2ccccc21)c1cccc([N+](=O)[O-])c1. The van der Waals surface area contributed by atoms with Crippen LogP contribution < -0.4 is 10.9 Å². The van der Waals surface area contributed by atoms with Crippen molar-refractivity contribution in [2.45, 2.75) is 24.7 Å². The number of hydrogen-bond acceptors (Lipinski definition) is 6. The van der Waals surface area contributed by atoms with Crippen LogP contribution in [0.2, 0.25) is 0 Å². The molecule has 3 aromatic rings. The molecule has 0 aromatic heterocycles. The lowest BCUT2D eigenvalue weighted by Crippen LogP contribution is -2.42. The van der Waals surface area contributed by atoms with Gasteiger partial charge in [0.15, 0.2) is 0 Å². The van der Waals surface area contributed by atoms with E-state index in [4.69, 9.17) is 4.74 Å². The average molecular weight is 489 g/mol. The van der Waals surface area contributed by atoms with Gasteiger partial charge >= 0.3 is 12.1 Å². The van der Waals surface area contributed by atoms with Crippen LogP contribution in [-0.4, -0.2) is 34.6 Å². The van der Waals surface area contributed by atoms with Crippen molar-refractivity contribution < 1.29 is 29.2 Å². The molecule has 3 aromatic carbocycles. The summed E-state index contributed by atoms with van der Waals surface area (Å²) >= 11 is 0. The van der Waals surface area contributed by atoms with E-state index >= 15 is 0 Å². The molecule has 0 saturated heterocycles. The molecule has 1 aliphatic rings. The first kappa shape index (κ1) is 24.4. The van der Waals surface area contributed by atoms with Crippen LogP contribution >= 0.6 is 0 Å². The first-order chi connectivity index (χ1) is 17.3. The Balaban J connectivity index is 1.34. The Morgan fingerprint density at radius 3 is 2.17 bits per heavy atom. The Morgan fingerprint density at radius 1 is 0.917 bits per heavy atom. The van der Waals surface area contributed by atoms with E-state index in [1.54, 1.807) is 0 Å². The van der Waals surface area contributed by atoms with Gasteiger partial charge in [-0.1, -0.05) is 60.7 Å². The quantitative estimate of drug-likeness (QED) is 0.318. The summed E-state index contributed by atoms with van der Waals surface area (Å²) in [5, 5.41) is 20.3. The van der Waals surface area contributed by atoms with Gasteiger partial charge in [-0.25, -0.2) is 10.2 Å². The van der Waals surface area contributed by atoms with E-state index in [0.717, 1.165) is 22.3 Å². The predicted molar refractivity (Wildman–Crippen MR) is 129 cm³/mol. The molecular formula is C26H23N3O7. The van der Waals surface area contributed by atoms with Gasteiger partial charge in [0.1, 0.15) is 6.61 Å². The fourth-order valence-electron chi connectivity index (χ4n) is 4.44. The number of carboxylic acid groups (broad SMARTS) is 1. The molecule has 0 radical (unpaired) electrons. The normalized spacial score (nSPS) is 12.7. The summed E-state index contributed by atoms with van der Waals surface area (Å²) in [5.74, 6) is -2.80. The van der Waals surface area contributed by atoms with Crippen LogP contribution in [0, 0.1) is 10.1 Å². The van der Waals surface area contributed by atoms with Gasteiger partial charge in [-0.3, -0.25) is 25.1 Å². The molecule has 10 nitrogen and oxygen atoms in total. The lowest BCUT2D eigenvalue weighted by molar-refractivity contribution is -0.384. The summed E-state index contributed by atoms with van der Waals surface area (Å²) in [5.41, 5.74) is 8.78. The average Bonchev–Trinajstić information content (AvgIpc) is 3.19. The van der Waals surface area contributed by atoms with Crippen molar-refractivity contribution in [2.75, 3.05) is 6.61 Å². The minimum Gasteiger partial charge on any atom is -0.481 e. The second-order valence-corrected chi connectivity index (χ2v) is 8.35. The Hall–Kier alpha value is -4.73. The van der Waals surface area contributed by atoms with Gasteiger partial charge in [0.2, 0.25) is 5.91 Å². The maximum Gasteiger partial charge on any atom is 0.426 e.